The van der Waals surface area contributed by atoms with Gasteiger partial charge in [0, 0.05) is 31.9 Å². The molecule has 0 bridgehead atoms. The van der Waals surface area contributed by atoms with Gasteiger partial charge < -0.3 is 20.6 Å². The molecule has 0 saturated heterocycles. The first kappa shape index (κ1) is 23.9. The van der Waals surface area contributed by atoms with E-state index in [0.717, 1.165) is 17.7 Å². The summed E-state index contributed by atoms with van der Waals surface area (Å²) in [5.41, 5.74) is 3.38. The molecule has 2 rings (SSSR count). The van der Waals surface area contributed by atoms with Crippen molar-refractivity contribution in [3.63, 3.8) is 0 Å². The number of nitrogens with one attached hydrogen (secondary N) is 2. The Bertz CT molecular complexity index is 804. The van der Waals surface area contributed by atoms with Crippen molar-refractivity contribution in [1.82, 2.24) is 25.3 Å². The predicted octanol–water partition coefficient (Wildman–Crippen LogP) is 2.61. The lowest BCUT2D eigenvalue weighted by atomic mass is 9.86. The second kappa shape index (κ2) is 10.6. The van der Waals surface area contributed by atoms with Gasteiger partial charge in [-0.2, -0.15) is 5.10 Å². The minimum absolute atomic E-state index is 0.101. The van der Waals surface area contributed by atoms with Gasteiger partial charge in [0.15, 0.2) is 5.96 Å². The molecule has 0 amide bonds. The summed E-state index contributed by atoms with van der Waals surface area (Å²) in [6, 6.07) is 8.31. The number of aliphatic hydroxyl groups is 1. The molecule has 0 aliphatic rings. The number of aryl methyl sites for hydroxylation is 1. The lowest BCUT2D eigenvalue weighted by Gasteiger charge is -2.22. The Labute approximate surface area is 181 Å². The Morgan fingerprint density at radius 1 is 1.17 bits per heavy atom. The van der Waals surface area contributed by atoms with E-state index in [-0.39, 0.29) is 11.5 Å². The molecule has 0 saturated carbocycles. The molecule has 2 atom stereocenters. The van der Waals surface area contributed by atoms with Crippen LogP contribution in [-0.4, -0.2) is 59.5 Å². The lowest BCUT2D eigenvalue weighted by Crippen LogP contribution is -2.40. The predicted molar refractivity (Wildman–Crippen MR) is 124 cm³/mol. The molecule has 1 heterocycles. The normalized spacial score (nSPS) is 14.6. The zero-order valence-electron chi connectivity index (χ0n) is 19.5. The fourth-order valence-corrected chi connectivity index (χ4v) is 3.22. The van der Waals surface area contributed by atoms with Crippen molar-refractivity contribution in [3.05, 3.63) is 53.3 Å². The van der Waals surface area contributed by atoms with Crippen molar-refractivity contribution in [2.24, 2.45) is 12.0 Å². The molecule has 0 spiro atoms. The quantitative estimate of drug-likeness (QED) is 0.457. The van der Waals surface area contributed by atoms with Gasteiger partial charge in [0.1, 0.15) is 0 Å². The minimum atomic E-state index is -0.606. The van der Waals surface area contributed by atoms with Gasteiger partial charge in [-0.3, -0.25) is 9.67 Å². The number of hydrogen-bond donors (Lipinski definition) is 3. The maximum Gasteiger partial charge on any atom is 0.191 e. The second-order valence-corrected chi connectivity index (χ2v) is 8.92. The molecule has 0 aliphatic heterocycles. The molecule has 0 fully saturated rings. The van der Waals surface area contributed by atoms with E-state index in [4.69, 9.17) is 4.99 Å². The van der Waals surface area contributed by atoms with Crippen LogP contribution in [0.2, 0.25) is 0 Å². The number of rotatable bonds is 8. The van der Waals surface area contributed by atoms with E-state index in [1.165, 1.54) is 5.56 Å². The van der Waals surface area contributed by atoms with Crippen LogP contribution in [0.3, 0.4) is 0 Å². The lowest BCUT2D eigenvalue weighted by molar-refractivity contribution is 0.180. The maximum absolute atomic E-state index is 10.6. The number of aliphatic hydroxyl groups excluding tert-OH is 1. The van der Waals surface area contributed by atoms with Crippen LogP contribution >= 0.6 is 0 Å². The van der Waals surface area contributed by atoms with Crippen LogP contribution in [-0.2, 0) is 12.5 Å². The topological polar surface area (TPSA) is 77.7 Å². The first-order chi connectivity index (χ1) is 14.1. The van der Waals surface area contributed by atoms with Crippen LogP contribution in [0.4, 0.5) is 0 Å². The summed E-state index contributed by atoms with van der Waals surface area (Å²) in [6.07, 6.45) is 3.29. The van der Waals surface area contributed by atoms with Gasteiger partial charge in [-0.05, 0) is 37.6 Å². The fraction of sp³-hybridized carbons (Fsp3) is 0.565. The van der Waals surface area contributed by atoms with Gasteiger partial charge in [0.2, 0.25) is 0 Å². The average Bonchev–Trinajstić information content (AvgIpc) is 3.11. The summed E-state index contributed by atoms with van der Waals surface area (Å²) >= 11 is 0. The van der Waals surface area contributed by atoms with Gasteiger partial charge in [0.25, 0.3) is 0 Å². The number of guanidine groups is 1. The van der Waals surface area contributed by atoms with Crippen LogP contribution in [0.5, 0.6) is 0 Å². The summed E-state index contributed by atoms with van der Waals surface area (Å²) in [5, 5.41) is 21.4. The van der Waals surface area contributed by atoms with Crippen LogP contribution in [0.15, 0.2) is 41.7 Å². The van der Waals surface area contributed by atoms with E-state index in [2.05, 4.69) is 53.5 Å². The minimum Gasteiger partial charge on any atom is -0.387 e. The molecular weight excluding hydrogens is 376 g/mol. The van der Waals surface area contributed by atoms with Crippen LogP contribution in [0, 0.1) is 0 Å². The molecule has 2 unspecified atom stereocenters. The van der Waals surface area contributed by atoms with Gasteiger partial charge in [-0.25, -0.2) is 0 Å². The van der Waals surface area contributed by atoms with E-state index in [9.17, 15) is 5.11 Å². The summed E-state index contributed by atoms with van der Waals surface area (Å²) in [6.45, 7) is 10.3. The molecule has 30 heavy (non-hydrogen) atoms. The van der Waals surface area contributed by atoms with Gasteiger partial charge in [-0.15, -0.1) is 0 Å². The highest BCUT2D eigenvalue weighted by molar-refractivity contribution is 5.79. The number of aliphatic imine (C=N–C) groups is 1. The van der Waals surface area contributed by atoms with E-state index < -0.39 is 6.10 Å². The van der Waals surface area contributed by atoms with E-state index in [1.54, 1.807) is 4.68 Å². The van der Waals surface area contributed by atoms with Gasteiger partial charge >= 0.3 is 0 Å². The summed E-state index contributed by atoms with van der Waals surface area (Å²) < 4.78 is 1.81. The van der Waals surface area contributed by atoms with Crippen molar-refractivity contribution < 1.29 is 5.11 Å². The number of nitrogens with zero attached hydrogens (tertiary/aromatic N) is 4. The molecule has 2 aromatic rings. The number of hydrogen-bond acceptors (Lipinski definition) is 4. The Morgan fingerprint density at radius 3 is 2.33 bits per heavy atom. The fourth-order valence-electron chi connectivity index (χ4n) is 3.22. The number of aromatic nitrogens is 2. The molecule has 7 nitrogen and oxygen atoms in total. The van der Waals surface area contributed by atoms with Crippen LogP contribution in [0.25, 0.3) is 0 Å². The Hall–Kier alpha value is -2.38. The van der Waals surface area contributed by atoms with E-state index in [0.29, 0.717) is 19.0 Å². The third kappa shape index (κ3) is 6.85. The van der Waals surface area contributed by atoms with Gasteiger partial charge in [-0.1, -0.05) is 45.0 Å². The zero-order valence-corrected chi connectivity index (χ0v) is 19.5. The smallest absolute Gasteiger partial charge is 0.191 e. The molecular formula is C23H38N6O. The standard InChI is InChI=1S/C23H38N6O/c1-8-24-22(25-14-20(28(5)6)18-13-27-29(7)16-18)26-15-21(30)17-9-11-19(12-10-17)23(2,3)4/h9-13,16,20-21,30H,8,14-15H2,1-7H3,(H2,24,25,26). The molecule has 0 radical (unpaired) electrons. The first-order valence-electron chi connectivity index (χ1n) is 10.6. The third-order valence-electron chi connectivity index (χ3n) is 5.12. The molecule has 7 heteroatoms. The molecule has 1 aromatic heterocycles. The highest BCUT2D eigenvalue weighted by atomic mass is 16.3. The molecule has 3 N–H and O–H groups in total. The van der Waals surface area contributed by atoms with E-state index in [1.807, 2.05) is 52.6 Å². The highest BCUT2D eigenvalue weighted by Crippen LogP contribution is 2.24. The van der Waals surface area contributed by atoms with Crippen LogP contribution in [0.1, 0.15) is 56.5 Å². The van der Waals surface area contributed by atoms with E-state index >= 15 is 0 Å². The largest absolute Gasteiger partial charge is 0.387 e. The highest BCUT2D eigenvalue weighted by Gasteiger charge is 2.17. The summed E-state index contributed by atoms with van der Waals surface area (Å²) in [7, 11) is 6.00. The van der Waals surface area contributed by atoms with Crippen molar-refractivity contribution in [3.8, 4) is 0 Å². The van der Waals surface area contributed by atoms with Crippen molar-refractivity contribution in [2.45, 2.75) is 45.3 Å². The molecule has 0 aliphatic carbocycles. The van der Waals surface area contributed by atoms with Gasteiger partial charge in [0.05, 0.1) is 24.9 Å². The average molecular weight is 415 g/mol. The second-order valence-electron chi connectivity index (χ2n) is 8.92. The molecule has 1 aromatic carbocycles. The maximum atomic E-state index is 10.6. The monoisotopic (exact) mass is 414 g/mol. The Morgan fingerprint density at radius 2 is 1.83 bits per heavy atom. The van der Waals surface area contributed by atoms with Crippen molar-refractivity contribution in [1.29, 1.82) is 0 Å². The SMILES string of the molecule is CCNC(=NCC(c1cnn(C)c1)N(C)C)NCC(O)c1ccc(C(C)(C)C)cc1. The third-order valence-corrected chi connectivity index (χ3v) is 5.12. The summed E-state index contributed by atoms with van der Waals surface area (Å²) in [4.78, 5) is 6.87. The molecule has 166 valence electrons. The first-order valence-corrected chi connectivity index (χ1v) is 10.6. The van der Waals surface area contributed by atoms with Crippen molar-refractivity contribution >= 4 is 5.96 Å². The number of benzene rings is 1. The summed E-state index contributed by atoms with van der Waals surface area (Å²) in [5.74, 6) is 0.693. The van der Waals surface area contributed by atoms with Crippen LogP contribution < -0.4 is 10.6 Å². The van der Waals surface area contributed by atoms with Crippen molar-refractivity contribution in [2.75, 3.05) is 33.7 Å². The number of likely N-dealkylation sites (N-methyl/N-ethyl adjacent to an activating group) is 1. The Balaban J connectivity index is 2.01. The Kier molecular flexibility index (Phi) is 8.43. The zero-order chi connectivity index (χ0) is 22.3.